The molecule has 2 rings (SSSR count). The second-order valence-electron chi connectivity index (χ2n) is 5.71. The molecule has 2 N–H and O–H groups in total. The number of benzene rings is 1. The first-order valence-corrected chi connectivity index (χ1v) is 8.01. The van der Waals surface area contributed by atoms with E-state index in [1.165, 1.54) is 6.07 Å². The minimum absolute atomic E-state index is 0.253. The zero-order chi connectivity index (χ0) is 17.7. The molecule has 1 heterocycles. The van der Waals surface area contributed by atoms with Gasteiger partial charge in [-0.2, -0.15) is 0 Å². The fourth-order valence-electron chi connectivity index (χ4n) is 1.86. The summed E-state index contributed by atoms with van der Waals surface area (Å²) in [6.07, 6.45) is 1.64. The predicted molar refractivity (Wildman–Crippen MR) is 95.0 cm³/mol. The van der Waals surface area contributed by atoms with E-state index in [1.54, 1.807) is 44.3 Å². The lowest BCUT2D eigenvalue weighted by Gasteiger charge is -2.22. The first-order valence-electron chi connectivity index (χ1n) is 7.25. The van der Waals surface area contributed by atoms with Crippen LogP contribution in [0.15, 0.2) is 42.6 Å². The van der Waals surface area contributed by atoms with Crippen molar-refractivity contribution in [3.8, 4) is 0 Å². The molecule has 2 amide bonds. The molecule has 0 unspecified atom stereocenters. The van der Waals surface area contributed by atoms with E-state index in [9.17, 15) is 9.59 Å². The van der Waals surface area contributed by atoms with Gasteiger partial charge in [-0.05, 0) is 44.2 Å². The summed E-state index contributed by atoms with van der Waals surface area (Å²) in [4.78, 5) is 28.9. The van der Waals surface area contributed by atoms with Crippen LogP contribution >= 0.6 is 23.2 Å². The Morgan fingerprint density at radius 3 is 2.46 bits per heavy atom. The number of halogens is 2. The van der Waals surface area contributed by atoms with E-state index < -0.39 is 17.2 Å². The van der Waals surface area contributed by atoms with Crippen LogP contribution in [0.2, 0.25) is 10.0 Å². The van der Waals surface area contributed by atoms with Gasteiger partial charge >= 0.3 is 0 Å². The Labute approximate surface area is 150 Å². The number of carbonyl (C=O) groups excluding carboxylic acids is 2. The zero-order valence-electron chi connectivity index (χ0n) is 13.3. The van der Waals surface area contributed by atoms with Gasteiger partial charge in [-0.3, -0.25) is 14.6 Å². The Kier molecular flexibility index (Phi) is 5.80. The van der Waals surface area contributed by atoms with Crippen molar-refractivity contribution < 1.29 is 9.59 Å². The Balaban J connectivity index is 2.00. The largest absolute Gasteiger partial charge is 0.350 e. The molecule has 0 aliphatic rings. The number of amides is 2. The number of rotatable bonds is 5. The molecule has 5 nitrogen and oxygen atoms in total. The summed E-state index contributed by atoms with van der Waals surface area (Å²) >= 11 is 11.8. The molecule has 1 aromatic heterocycles. The zero-order valence-corrected chi connectivity index (χ0v) is 14.8. The smallest absolute Gasteiger partial charge is 0.239 e. The van der Waals surface area contributed by atoms with Gasteiger partial charge in [-0.25, -0.2) is 0 Å². The van der Waals surface area contributed by atoms with Crippen LogP contribution in [0.5, 0.6) is 0 Å². The summed E-state index contributed by atoms with van der Waals surface area (Å²) in [5, 5.41) is 6.10. The fourth-order valence-corrected chi connectivity index (χ4v) is 2.16. The highest BCUT2D eigenvalue weighted by atomic mass is 35.5. The summed E-state index contributed by atoms with van der Waals surface area (Å²) in [5.41, 5.74) is -0.0764. The maximum atomic E-state index is 12.4. The third-order valence-corrected chi connectivity index (χ3v) is 4.21. The fraction of sp³-hybridized carbons (Fsp3) is 0.235. The van der Waals surface area contributed by atoms with Crippen molar-refractivity contribution in [1.82, 2.24) is 10.3 Å². The summed E-state index contributed by atoms with van der Waals surface area (Å²) in [6.45, 7) is 3.35. The Bertz CT molecular complexity index is 749. The lowest BCUT2D eigenvalue weighted by molar-refractivity contribution is -0.138. The van der Waals surface area contributed by atoms with Gasteiger partial charge in [0.2, 0.25) is 11.8 Å². The maximum absolute atomic E-state index is 12.4. The van der Waals surface area contributed by atoms with Crippen LogP contribution in [-0.2, 0) is 16.1 Å². The van der Waals surface area contributed by atoms with Gasteiger partial charge in [0.15, 0.2) is 0 Å². The monoisotopic (exact) mass is 365 g/mol. The van der Waals surface area contributed by atoms with Crippen molar-refractivity contribution in [3.63, 3.8) is 0 Å². The number of hydrogen-bond donors (Lipinski definition) is 2. The maximum Gasteiger partial charge on any atom is 0.239 e. The quantitative estimate of drug-likeness (QED) is 0.794. The molecule has 2 aromatic rings. The van der Waals surface area contributed by atoms with E-state index in [0.717, 1.165) is 0 Å². The summed E-state index contributed by atoms with van der Waals surface area (Å²) in [6, 6.07) is 10.1. The third kappa shape index (κ3) is 4.46. The van der Waals surface area contributed by atoms with E-state index in [-0.39, 0.29) is 6.54 Å². The molecule has 0 bridgehead atoms. The van der Waals surface area contributed by atoms with Crippen molar-refractivity contribution in [3.05, 3.63) is 58.3 Å². The average molecular weight is 366 g/mol. The lowest BCUT2D eigenvalue weighted by atomic mass is 9.91. The predicted octanol–water partition coefficient (Wildman–Crippen LogP) is 3.67. The first-order chi connectivity index (χ1) is 11.3. The van der Waals surface area contributed by atoms with Crippen LogP contribution in [0.3, 0.4) is 0 Å². The standard InChI is InChI=1S/C17H17Cl2N3O2/c1-17(2,15(23)21-10-12-5-3-4-8-20-12)16(24)22-11-6-7-13(18)14(19)9-11/h3-9H,10H2,1-2H3,(H,21,23)(H,22,24). The van der Waals surface area contributed by atoms with Gasteiger partial charge in [0.25, 0.3) is 0 Å². The van der Waals surface area contributed by atoms with Crippen LogP contribution in [0.1, 0.15) is 19.5 Å². The highest BCUT2D eigenvalue weighted by Gasteiger charge is 2.36. The van der Waals surface area contributed by atoms with E-state index in [0.29, 0.717) is 21.4 Å². The van der Waals surface area contributed by atoms with E-state index >= 15 is 0 Å². The molecule has 0 saturated carbocycles. The van der Waals surface area contributed by atoms with Crippen LogP contribution in [0, 0.1) is 5.41 Å². The molecule has 7 heteroatoms. The minimum Gasteiger partial charge on any atom is -0.350 e. The van der Waals surface area contributed by atoms with Crippen LogP contribution < -0.4 is 10.6 Å². The molecular formula is C17H17Cl2N3O2. The third-order valence-electron chi connectivity index (χ3n) is 3.47. The van der Waals surface area contributed by atoms with Crippen molar-refractivity contribution in [2.75, 3.05) is 5.32 Å². The minimum atomic E-state index is -1.26. The number of nitrogens with zero attached hydrogens (tertiary/aromatic N) is 1. The highest BCUT2D eigenvalue weighted by Crippen LogP contribution is 2.26. The molecule has 1 aromatic carbocycles. The van der Waals surface area contributed by atoms with Gasteiger partial charge in [-0.1, -0.05) is 29.3 Å². The van der Waals surface area contributed by atoms with E-state index in [2.05, 4.69) is 15.6 Å². The van der Waals surface area contributed by atoms with Crippen molar-refractivity contribution in [2.24, 2.45) is 5.41 Å². The average Bonchev–Trinajstić information content (AvgIpc) is 2.56. The Morgan fingerprint density at radius 1 is 1.08 bits per heavy atom. The number of anilines is 1. The molecule has 0 radical (unpaired) electrons. The molecule has 126 valence electrons. The van der Waals surface area contributed by atoms with E-state index in [1.807, 2.05) is 6.07 Å². The van der Waals surface area contributed by atoms with Gasteiger partial charge in [0.1, 0.15) is 5.41 Å². The molecule has 0 aliphatic carbocycles. The molecule has 0 atom stereocenters. The second kappa shape index (κ2) is 7.64. The number of aromatic nitrogens is 1. The molecule has 24 heavy (non-hydrogen) atoms. The van der Waals surface area contributed by atoms with Crippen LogP contribution in [-0.4, -0.2) is 16.8 Å². The topological polar surface area (TPSA) is 71.1 Å². The van der Waals surface area contributed by atoms with Gasteiger partial charge < -0.3 is 10.6 Å². The highest BCUT2D eigenvalue weighted by molar-refractivity contribution is 6.42. The molecule has 0 fully saturated rings. The number of carbonyl (C=O) groups is 2. The van der Waals surface area contributed by atoms with Crippen LogP contribution in [0.4, 0.5) is 5.69 Å². The molecule has 0 aliphatic heterocycles. The Morgan fingerprint density at radius 2 is 1.83 bits per heavy atom. The Hall–Kier alpha value is -2.11. The number of hydrogen-bond acceptors (Lipinski definition) is 3. The van der Waals surface area contributed by atoms with Crippen molar-refractivity contribution >= 4 is 40.7 Å². The van der Waals surface area contributed by atoms with Crippen molar-refractivity contribution in [1.29, 1.82) is 0 Å². The molecule has 0 spiro atoms. The second-order valence-corrected chi connectivity index (χ2v) is 6.53. The van der Waals surface area contributed by atoms with Gasteiger partial charge in [0, 0.05) is 11.9 Å². The van der Waals surface area contributed by atoms with Gasteiger partial charge in [-0.15, -0.1) is 0 Å². The lowest BCUT2D eigenvalue weighted by Crippen LogP contribution is -2.44. The molecular weight excluding hydrogens is 349 g/mol. The number of pyridine rings is 1. The number of nitrogens with one attached hydrogen (secondary N) is 2. The van der Waals surface area contributed by atoms with E-state index in [4.69, 9.17) is 23.2 Å². The SMILES string of the molecule is CC(C)(C(=O)NCc1ccccn1)C(=O)Nc1ccc(Cl)c(Cl)c1. The normalized spacial score (nSPS) is 11.0. The summed E-state index contributed by atoms with van der Waals surface area (Å²) < 4.78 is 0. The van der Waals surface area contributed by atoms with Gasteiger partial charge in [0.05, 0.1) is 22.3 Å². The van der Waals surface area contributed by atoms with Crippen molar-refractivity contribution in [2.45, 2.75) is 20.4 Å². The summed E-state index contributed by atoms with van der Waals surface area (Å²) in [5.74, 6) is -0.842. The molecule has 0 saturated heterocycles. The summed E-state index contributed by atoms with van der Waals surface area (Å²) in [7, 11) is 0. The first kappa shape index (κ1) is 18.2. The van der Waals surface area contributed by atoms with Crippen LogP contribution in [0.25, 0.3) is 0 Å².